The molecule has 2 aliphatic heterocycles. The second kappa shape index (κ2) is 10.1. The van der Waals surface area contributed by atoms with Crippen LogP contribution in [-0.2, 0) is 20.7 Å². The largest absolute Gasteiger partial charge is 0.442 e. The molecular weight excluding hydrogens is 425 g/mol. The van der Waals surface area contributed by atoms with Crippen molar-refractivity contribution in [1.82, 2.24) is 10.6 Å². The van der Waals surface area contributed by atoms with Crippen LogP contribution in [0.4, 0.5) is 14.9 Å². The van der Waals surface area contributed by atoms with E-state index in [2.05, 4.69) is 10.6 Å². The first kappa shape index (κ1) is 22.9. The summed E-state index contributed by atoms with van der Waals surface area (Å²) in [6.45, 7) is 2.75. The van der Waals surface area contributed by atoms with Gasteiger partial charge in [0.15, 0.2) is 0 Å². The van der Waals surface area contributed by atoms with Gasteiger partial charge in [0.1, 0.15) is 17.7 Å². The number of halogens is 1. The number of nitrogens with zero attached hydrogens (tertiary/aromatic N) is 1. The van der Waals surface area contributed by atoms with Gasteiger partial charge in [-0.1, -0.05) is 24.3 Å². The van der Waals surface area contributed by atoms with Crippen LogP contribution < -0.4 is 15.5 Å². The molecule has 2 N–H and O–H groups in total. The van der Waals surface area contributed by atoms with Crippen LogP contribution in [0.1, 0.15) is 31.7 Å². The molecule has 0 spiro atoms. The lowest BCUT2D eigenvalue weighted by molar-refractivity contribution is -0.121. The van der Waals surface area contributed by atoms with Crippen molar-refractivity contribution in [1.29, 1.82) is 0 Å². The molecule has 33 heavy (non-hydrogen) atoms. The lowest BCUT2D eigenvalue weighted by Gasteiger charge is -2.15. The zero-order chi connectivity index (χ0) is 23.4. The first-order chi connectivity index (χ1) is 15.9. The Balaban J connectivity index is 1.38. The van der Waals surface area contributed by atoms with E-state index in [1.165, 1.54) is 17.9 Å². The molecule has 0 bridgehead atoms. The number of amides is 2. The minimum absolute atomic E-state index is 0.00884. The number of carbonyl (C=O) groups excluding carboxylic acids is 3. The van der Waals surface area contributed by atoms with E-state index < -0.39 is 18.0 Å². The quantitative estimate of drug-likeness (QED) is 0.641. The number of benzene rings is 2. The van der Waals surface area contributed by atoms with Crippen LogP contribution in [0.3, 0.4) is 0 Å². The van der Waals surface area contributed by atoms with Gasteiger partial charge in [0.25, 0.3) is 0 Å². The highest BCUT2D eigenvalue weighted by atomic mass is 19.1. The molecule has 0 unspecified atom stereocenters. The summed E-state index contributed by atoms with van der Waals surface area (Å²) >= 11 is 0. The molecule has 0 aromatic heterocycles. The molecule has 2 atom stereocenters. The summed E-state index contributed by atoms with van der Waals surface area (Å²) in [6.07, 6.45) is 2.08. The Morgan fingerprint density at radius 1 is 1.21 bits per heavy atom. The fourth-order valence-electron chi connectivity index (χ4n) is 4.25. The van der Waals surface area contributed by atoms with Gasteiger partial charge in [0.05, 0.1) is 24.8 Å². The summed E-state index contributed by atoms with van der Waals surface area (Å²) in [7, 11) is 0. The van der Waals surface area contributed by atoms with E-state index in [1.807, 2.05) is 24.3 Å². The number of ketones is 1. The van der Waals surface area contributed by atoms with Crippen LogP contribution in [0, 0.1) is 5.82 Å². The summed E-state index contributed by atoms with van der Waals surface area (Å²) in [5.74, 6) is -0.401. The summed E-state index contributed by atoms with van der Waals surface area (Å²) < 4.78 is 20.1. The van der Waals surface area contributed by atoms with E-state index in [0.29, 0.717) is 24.1 Å². The molecule has 2 aliphatic rings. The number of hydrogen-bond donors (Lipinski definition) is 2. The summed E-state index contributed by atoms with van der Waals surface area (Å²) in [6, 6.07) is 12.2. The number of cyclic esters (lactones) is 1. The maximum atomic E-state index is 14.9. The van der Waals surface area contributed by atoms with Gasteiger partial charge >= 0.3 is 6.09 Å². The standard InChI is InChI=1S/C25H28FN3O4/c1-16(30)28-14-20-15-29(25(32)33-20)19-9-10-21(22(26)13-19)18-7-4-17(5-8-18)6-11-24(31)23-3-2-12-27-23/h4-5,7-10,13,20,23,27H,2-3,6,11-12,14-15H2,1H3,(H,28,30)/t20-,23-/m0/s1. The zero-order valence-electron chi connectivity index (χ0n) is 18.6. The lowest BCUT2D eigenvalue weighted by Crippen LogP contribution is -2.33. The van der Waals surface area contributed by atoms with Gasteiger partial charge in [-0.25, -0.2) is 9.18 Å². The van der Waals surface area contributed by atoms with Gasteiger partial charge in [0, 0.05) is 18.9 Å². The molecule has 2 heterocycles. The Hall–Kier alpha value is -3.26. The SMILES string of the molecule is CC(=O)NC[C@H]1CN(c2ccc(-c3ccc(CCC(=O)[C@@H]4CCCN4)cc3)c(F)c2)C(=O)O1. The van der Waals surface area contributed by atoms with Crippen molar-refractivity contribution in [3.8, 4) is 11.1 Å². The lowest BCUT2D eigenvalue weighted by atomic mass is 9.99. The van der Waals surface area contributed by atoms with Crippen molar-refractivity contribution >= 4 is 23.5 Å². The highest BCUT2D eigenvalue weighted by Gasteiger charge is 2.32. The molecule has 2 saturated heterocycles. The predicted molar refractivity (Wildman–Crippen MR) is 122 cm³/mol. The number of anilines is 1. The van der Waals surface area contributed by atoms with Crippen molar-refractivity contribution in [2.75, 3.05) is 24.5 Å². The van der Waals surface area contributed by atoms with Crippen LogP contribution in [0.2, 0.25) is 0 Å². The first-order valence-corrected chi connectivity index (χ1v) is 11.3. The van der Waals surface area contributed by atoms with Gasteiger partial charge < -0.3 is 15.4 Å². The van der Waals surface area contributed by atoms with Crippen molar-refractivity contribution in [2.24, 2.45) is 0 Å². The number of ether oxygens (including phenoxy) is 1. The van der Waals surface area contributed by atoms with Crippen LogP contribution in [0.15, 0.2) is 42.5 Å². The number of rotatable bonds is 8. The molecule has 2 amide bonds. The smallest absolute Gasteiger partial charge is 0.414 e. The first-order valence-electron chi connectivity index (χ1n) is 11.3. The van der Waals surface area contributed by atoms with E-state index >= 15 is 0 Å². The number of carbonyl (C=O) groups is 3. The average molecular weight is 454 g/mol. The molecule has 0 aliphatic carbocycles. The number of aryl methyl sites for hydroxylation is 1. The Morgan fingerprint density at radius 3 is 2.67 bits per heavy atom. The maximum absolute atomic E-state index is 14.9. The number of nitrogens with one attached hydrogen (secondary N) is 2. The molecule has 2 aromatic rings. The molecule has 0 saturated carbocycles. The van der Waals surface area contributed by atoms with E-state index in [1.54, 1.807) is 12.1 Å². The van der Waals surface area contributed by atoms with Crippen molar-refractivity contribution in [3.05, 3.63) is 53.8 Å². The predicted octanol–water partition coefficient (Wildman–Crippen LogP) is 3.21. The number of hydrogen-bond acceptors (Lipinski definition) is 5. The van der Waals surface area contributed by atoms with Crippen LogP contribution in [0.25, 0.3) is 11.1 Å². The van der Waals surface area contributed by atoms with Gasteiger partial charge in [-0.3, -0.25) is 14.5 Å². The van der Waals surface area contributed by atoms with E-state index in [4.69, 9.17) is 4.74 Å². The van der Waals surface area contributed by atoms with Crippen molar-refractivity contribution in [3.63, 3.8) is 0 Å². The Bertz CT molecular complexity index is 1030. The van der Waals surface area contributed by atoms with Gasteiger partial charge in [0.2, 0.25) is 5.91 Å². The minimum atomic E-state index is -0.566. The molecule has 7 nitrogen and oxygen atoms in total. The summed E-state index contributed by atoms with van der Waals surface area (Å²) in [5.41, 5.74) is 2.59. The fraction of sp³-hybridized carbons (Fsp3) is 0.400. The molecular formula is C25H28FN3O4. The number of Topliss-reactive ketones (excluding diaryl/α,β-unsaturated/α-hetero) is 1. The molecule has 0 radical (unpaired) electrons. The van der Waals surface area contributed by atoms with Crippen molar-refractivity contribution in [2.45, 2.75) is 44.8 Å². The average Bonchev–Trinajstić information content (AvgIpc) is 3.46. The second-order valence-corrected chi connectivity index (χ2v) is 8.53. The normalized spacial score (nSPS) is 20.1. The van der Waals surface area contributed by atoms with Crippen LogP contribution >= 0.6 is 0 Å². The third-order valence-corrected chi connectivity index (χ3v) is 6.09. The summed E-state index contributed by atoms with van der Waals surface area (Å²) in [5, 5.41) is 5.85. The monoisotopic (exact) mass is 453 g/mol. The Labute approximate surface area is 192 Å². The second-order valence-electron chi connectivity index (χ2n) is 8.53. The maximum Gasteiger partial charge on any atom is 0.414 e. The zero-order valence-corrected chi connectivity index (χ0v) is 18.6. The summed E-state index contributed by atoms with van der Waals surface area (Å²) in [4.78, 5) is 36.8. The van der Waals surface area contributed by atoms with Crippen LogP contribution in [0.5, 0.6) is 0 Å². The van der Waals surface area contributed by atoms with Gasteiger partial charge in [-0.2, -0.15) is 0 Å². The molecule has 174 valence electrons. The molecule has 2 fully saturated rings. The molecule has 8 heteroatoms. The molecule has 4 rings (SSSR count). The van der Waals surface area contributed by atoms with E-state index in [9.17, 15) is 18.8 Å². The van der Waals surface area contributed by atoms with Gasteiger partial charge in [-0.05, 0) is 55.1 Å². The third-order valence-electron chi connectivity index (χ3n) is 6.09. The molecule has 2 aromatic carbocycles. The highest BCUT2D eigenvalue weighted by Crippen LogP contribution is 2.29. The van der Waals surface area contributed by atoms with Crippen molar-refractivity contribution < 1.29 is 23.5 Å². The Morgan fingerprint density at radius 2 is 2.00 bits per heavy atom. The van der Waals surface area contributed by atoms with Crippen LogP contribution in [-0.4, -0.2) is 49.6 Å². The minimum Gasteiger partial charge on any atom is -0.442 e. The third kappa shape index (κ3) is 5.57. The highest BCUT2D eigenvalue weighted by molar-refractivity contribution is 5.90. The Kier molecular flexibility index (Phi) is 7.03. The fourth-order valence-corrected chi connectivity index (χ4v) is 4.25. The van der Waals surface area contributed by atoms with Gasteiger partial charge in [-0.15, -0.1) is 0 Å². The van der Waals surface area contributed by atoms with E-state index in [0.717, 1.165) is 30.5 Å². The topological polar surface area (TPSA) is 87.7 Å². The van der Waals surface area contributed by atoms with E-state index in [-0.39, 0.29) is 30.8 Å².